The van der Waals surface area contributed by atoms with Crippen molar-refractivity contribution in [3.8, 4) is 0 Å². The number of carbonyl (C=O) groups is 1. The molecule has 220 valence electrons. The van der Waals surface area contributed by atoms with E-state index in [-0.39, 0.29) is 11.6 Å². The number of anilines is 2. The number of carbonyl (C=O) groups excluding carboxylic acids is 1. The number of piperidine rings is 1. The summed E-state index contributed by atoms with van der Waals surface area (Å²) in [6.07, 6.45) is 8.43. The molecule has 1 N–H and O–H groups in total. The lowest BCUT2D eigenvalue weighted by atomic mass is 9.84. The van der Waals surface area contributed by atoms with Crippen LogP contribution in [0.2, 0.25) is 0 Å². The fourth-order valence-corrected chi connectivity index (χ4v) is 7.72. The second-order valence-corrected chi connectivity index (χ2v) is 15.7. The molecule has 3 saturated heterocycles. The first-order valence-corrected chi connectivity index (χ1v) is 17.8. The summed E-state index contributed by atoms with van der Waals surface area (Å²) in [6.45, 7) is 7.65. The van der Waals surface area contributed by atoms with Crippen LogP contribution in [-0.4, -0.2) is 112 Å². The summed E-state index contributed by atoms with van der Waals surface area (Å²) in [6, 6.07) is 8.08. The minimum absolute atomic E-state index is 0.0619. The third kappa shape index (κ3) is 6.32. The largest absolute Gasteiger partial charge is 0.369 e. The molecule has 1 spiro atoms. The Morgan fingerprint density at radius 2 is 1.70 bits per heavy atom. The van der Waals surface area contributed by atoms with E-state index in [0.717, 1.165) is 38.8 Å². The quantitative estimate of drug-likeness (QED) is 0.512. The van der Waals surface area contributed by atoms with Gasteiger partial charge in [0.2, 0.25) is 10.0 Å². The maximum absolute atomic E-state index is 13.1. The lowest BCUT2D eigenvalue weighted by Crippen LogP contribution is -2.53. The van der Waals surface area contributed by atoms with Gasteiger partial charge in [-0.15, -0.1) is 5.10 Å². The molecule has 3 aliphatic heterocycles. The first kappa shape index (κ1) is 28.9. The van der Waals surface area contributed by atoms with Gasteiger partial charge in [0.15, 0.2) is 5.82 Å². The molecule has 0 radical (unpaired) electrons. The van der Waals surface area contributed by atoms with Crippen molar-refractivity contribution < 1.29 is 17.4 Å². The van der Waals surface area contributed by atoms with Crippen molar-refractivity contribution in [1.29, 1.82) is 0 Å². The summed E-state index contributed by atoms with van der Waals surface area (Å²) >= 11 is 0. The fourth-order valence-electron chi connectivity index (χ4n) is 6.34. The molecule has 3 fully saturated rings. The number of nitrogens with zero attached hydrogens (tertiary/aromatic N) is 6. The summed E-state index contributed by atoms with van der Waals surface area (Å²) in [4.78, 5) is 19.9. The van der Waals surface area contributed by atoms with Crippen molar-refractivity contribution in [2.75, 3.05) is 67.9 Å². The lowest BCUT2D eigenvalue weighted by Gasteiger charge is -2.45. The fraction of sp³-hybridized carbons (Fsp3) is 0.593. The van der Waals surface area contributed by atoms with Gasteiger partial charge in [-0.1, -0.05) is 12.1 Å². The van der Waals surface area contributed by atoms with Gasteiger partial charge in [0.1, 0.15) is 0 Å². The molecule has 5 rings (SSSR count). The number of hydrogen-bond acceptors (Lipinski definition) is 7. The number of piperazine rings is 1. The smallest absolute Gasteiger partial charge is 0.344 e. The molecule has 13 heteroatoms. The van der Waals surface area contributed by atoms with Crippen LogP contribution in [0.3, 0.4) is 0 Å². The SMILES string of the molecule is C=S(C)(=O)Nc1ccn(C(=O)N2CCC3(CCCN3Cc3ccc(C)cc3N3CCN(S(C)(=O)=O)CC3)CC2)n1. The number of benzene rings is 1. The predicted octanol–water partition coefficient (Wildman–Crippen LogP) is 2.04. The van der Waals surface area contributed by atoms with Crippen LogP contribution in [0.25, 0.3) is 0 Å². The van der Waals surface area contributed by atoms with Crippen molar-refractivity contribution >= 4 is 43.1 Å². The Kier molecular flexibility index (Phi) is 7.94. The molecule has 2 aromatic rings. The molecule has 0 saturated carbocycles. The Hall–Kier alpha value is -2.61. The van der Waals surface area contributed by atoms with E-state index in [4.69, 9.17) is 0 Å². The summed E-state index contributed by atoms with van der Waals surface area (Å²) in [5.74, 6) is 3.95. The average Bonchev–Trinajstić information content (AvgIpc) is 3.50. The zero-order chi connectivity index (χ0) is 28.7. The van der Waals surface area contributed by atoms with Gasteiger partial charge in [0, 0.05) is 85.3 Å². The molecule has 0 bridgehead atoms. The zero-order valence-electron chi connectivity index (χ0n) is 23.7. The first-order chi connectivity index (χ1) is 18.8. The molecule has 1 aromatic heterocycles. The van der Waals surface area contributed by atoms with Crippen LogP contribution in [0, 0.1) is 6.92 Å². The maximum Gasteiger partial charge on any atom is 0.344 e. The number of aryl methyl sites for hydroxylation is 1. The van der Waals surface area contributed by atoms with Crippen LogP contribution >= 0.6 is 0 Å². The molecule has 40 heavy (non-hydrogen) atoms. The Labute approximate surface area is 238 Å². The summed E-state index contributed by atoms with van der Waals surface area (Å²) < 4.78 is 41.5. The molecule has 1 atom stereocenters. The van der Waals surface area contributed by atoms with Crippen LogP contribution in [-0.2, 0) is 26.3 Å². The number of sulfonamides is 1. The third-order valence-electron chi connectivity index (χ3n) is 8.46. The minimum atomic E-state index is -3.17. The average molecular weight is 592 g/mol. The standard InChI is InChI=1S/C27H41N7O4S2/c1-22-6-7-23(24(20-22)30-16-18-33(19-17-30)40(4,37)38)21-32-12-5-9-27(32)10-14-31(15-11-27)26(35)34-13-8-25(28-34)29-39(2,3)36/h6-8,13,20H,2,5,9-12,14-19,21H2,1,3-4H3,(H,28,29,36). The van der Waals surface area contributed by atoms with Gasteiger partial charge in [-0.3, -0.25) is 9.62 Å². The molecule has 1 unspecified atom stereocenters. The highest BCUT2D eigenvalue weighted by Crippen LogP contribution is 2.40. The van der Waals surface area contributed by atoms with Gasteiger partial charge in [0.05, 0.1) is 6.26 Å². The minimum Gasteiger partial charge on any atom is -0.369 e. The normalized spacial score (nSPS) is 22.0. The second-order valence-electron chi connectivity index (χ2n) is 11.6. The van der Waals surface area contributed by atoms with Gasteiger partial charge >= 0.3 is 6.03 Å². The molecule has 1 aromatic carbocycles. The van der Waals surface area contributed by atoms with Gasteiger partial charge < -0.3 is 9.80 Å². The monoisotopic (exact) mass is 591 g/mol. The Morgan fingerprint density at radius 1 is 1.00 bits per heavy atom. The van der Waals surface area contributed by atoms with E-state index < -0.39 is 19.7 Å². The van der Waals surface area contributed by atoms with Crippen LogP contribution < -0.4 is 9.62 Å². The molecular formula is C27H41N7O4S2. The number of amides is 1. The molecule has 0 aliphatic carbocycles. The van der Waals surface area contributed by atoms with Gasteiger partial charge in [-0.05, 0) is 62.2 Å². The molecule has 4 heterocycles. The first-order valence-electron chi connectivity index (χ1n) is 13.8. The predicted molar refractivity (Wildman–Crippen MR) is 161 cm³/mol. The number of aromatic nitrogens is 2. The second kappa shape index (κ2) is 11.0. The van der Waals surface area contributed by atoms with Gasteiger partial charge in [0.25, 0.3) is 0 Å². The zero-order valence-corrected chi connectivity index (χ0v) is 25.3. The van der Waals surface area contributed by atoms with Crippen molar-refractivity contribution in [3.63, 3.8) is 0 Å². The highest BCUT2D eigenvalue weighted by Gasteiger charge is 2.44. The van der Waals surface area contributed by atoms with Crippen LogP contribution in [0.1, 0.15) is 36.8 Å². The topological polar surface area (TPSA) is 111 Å². The summed E-state index contributed by atoms with van der Waals surface area (Å²) in [7, 11) is -5.64. The maximum atomic E-state index is 13.1. The van der Waals surface area contributed by atoms with Crippen molar-refractivity contribution in [2.24, 2.45) is 0 Å². The van der Waals surface area contributed by atoms with E-state index in [2.05, 4.69) is 50.6 Å². The molecular weight excluding hydrogens is 550 g/mol. The van der Waals surface area contributed by atoms with E-state index in [1.54, 1.807) is 16.6 Å². The Balaban J connectivity index is 1.25. The molecule has 1 amide bonds. The van der Waals surface area contributed by atoms with Crippen molar-refractivity contribution in [2.45, 2.75) is 44.7 Å². The van der Waals surface area contributed by atoms with Gasteiger partial charge in [-0.2, -0.15) is 8.99 Å². The highest BCUT2D eigenvalue weighted by molar-refractivity contribution is 8.00. The van der Waals surface area contributed by atoms with E-state index >= 15 is 0 Å². The van der Waals surface area contributed by atoms with Crippen molar-refractivity contribution in [3.05, 3.63) is 41.6 Å². The van der Waals surface area contributed by atoms with E-state index in [1.165, 1.54) is 34.0 Å². The third-order valence-corrected chi connectivity index (χ3v) is 10.4. The Bertz CT molecular complexity index is 1460. The van der Waals surface area contributed by atoms with Crippen LogP contribution in [0.5, 0.6) is 0 Å². The van der Waals surface area contributed by atoms with Crippen molar-refractivity contribution in [1.82, 2.24) is 23.9 Å². The number of nitrogens with one attached hydrogen (secondary N) is 1. The summed E-state index contributed by atoms with van der Waals surface area (Å²) in [5.41, 5.74) is 3.73. The van der Waals surface area contributed by atoms with E-state index in [1.807, 2.05) is 4.90 Å². The summed E-state index contributed by atoms with van der Waals surface area (Å²) in [5, 5.41) is 4.25. The van der Waals surface area contributed by atoms with E-state index in [9.17, 15) is 17.4 Å². The molecule has 11 nitrogen and oxygen atoms in total. The lowest BCUT2D eigenvalue weighted by molar-refractivity contribution is 0.0585. The highest BCUT2D eigenvalue weighted by atomic mass is 32.2. The number of rotatable bonds is 6. The van der Waals surface area contributed by atoms with Crippen LogP contribution in [0.15, 0.2) is 30.5 Å². The van der Waals surface area contributed by atoms with E-state index in [0.29, 0.717) is 45.1 Å². The number of likely N-dealkylation sites (tertiary alicyclic amines) is 2. The molecule has 3 aliphatic rings. The van der Waals surface area contributed by atoms with Gasteiger partial charge in [-0.25, -0.2) is 17.4 Å². The number of hydrogen-bond donors (Lipinski definition) is 1. The Morgan fingerprint density at radius 3 is 2.35 bits per heavy atom. The van der Waals surface area contributed by atoms with Crippen LogP contribution in [0.4, 0.5) is 16.3 Å².